The van der Waals surface area contributed by atoms with Gasteiger partial charge in [0.25, 0.3) is 0 Å². The second kappa shape index (κ2) is 9.45. The zero-order valence-corrected chi connectivity index (χ0v) is 20.9. The lowest BCUT2D eigenvalue weighted by Gasteiger charge is -2.39. The third-order valence-corrected chi connectivity index (χ3v) is 7.87. The van der Waals surface area contributed by atoms with Crippen molar-refractivity contribution in [2.45, 2.75) is 32.2 Å². The maximum atomic E-state index is 9.35. The van der Waals surface area contributed by atoms with E-state index in [4.69, 9.17) is 0 Å². The number of allylic oxidation sites excluding steroid dienone is 5. The van der Waals surface area contributed by atoms with Crippen LogP contribution in [0.2, 0.25) is 0 Å². The lowest BCUT2D eigenvalue weighted by atomic mass is 9.82. The van der Waals surface area contributed by atoms with Crippen LogP contribution in [0.5, 0.6) is 0 Å². The van der Waals surface area contributed by atoms with E-state index in [1.165, 1.54) is 17.0 Å². The molecule has 4 aliphatic heterocycles. The Morgan fingerprint density at radius 3 is 2.74 bits per heavy atom. The quantitative estimate of drug-likeness (QED) is 0.487. The molecule has 0 aromatic carbocycles. The van der Waals surface area contributed by atoms with Crippen LogP contribution in [0.25, 0.3) is 0 Å². The summed E-state index contributed by atoms with van der Waals surface area (Å²) in [5, 5.41) is 19.7. The van der Waals surface area contributed by atoms with Crippen molar-refractivity contribution in [3.8, 4) is 0 Å². The predicted molar refractivity (Wildman–Crippen MR) is 140 cm³/mol. The summed E-state index contributed by atoms with van der Waals surface area (Å²) < 4.78 is 0. The van der Waals surface area contributed by atoms with Gasteiger partial charge >= 0.3 is 0 Å². The van der Waals surface area contributed by atoms with E-state index in [0.717, 1.165) is 69.8 Å². The summed E-state index contributed by atoms with van der Waals surface area (Å²) in [5.41, 5.74) is 5.97. The molecule has 1 fully saturated rings. The molecule has 5 aliphatic rings. The monoisotopic (exact) mass is 461 g/mol. The molecule has 0 radical (unpaired) electrons. The molecule has 0 saturated carbocycles. The van der Waals surface area contributed by atoms with E-state index in [1.807, 2.05) is 12.1 Å². The Kier molecular flexibility index (Phi) is 6.38. The summed E-state index contributed by atoms with van der Waals surface area (Å²) in [7, 11) is 4.23. The normalized spacial score (nSPS) is 29.4. The molecule has 5 rings (SSSR count). The molecule has 3 unspecified atom stereocenters. The van der Waals surface area contributed by atoms with E-state index in [1.54, 1.807) is 0 Å². The third kappa shape index (κ3) is 4.58. The third-order valence-electron chi connectivity index (χ3n) is 7.87. The highest BCUT2D eigenvalue weighted by atomic mass is 15.4. The highest BCUT2D eigenvalue weighted by Crippen LogP contribution is 2.35. The first-order chi connectivity index (χ1) is 16.4. The van der Waals surface area contributed by atoms with Crippen molar-refractivity contribution in [1.29, 1.82) is 5.41 Å². The maximum absolute atomic E-state index is 9.35. The van der Waals surface area contributed by atoms with Gasteiger partial charge in [-0.25, -0.2) is 0 Å². The van der Waals surface area contributed by atoms with E-state index in [9.17, 15) is 5.41 Å². The number of hydrazone groups is 1. The number of nitrogens with zero attached hydrogens (tertiary/aromatic N) is 5. The van der Waals surface area contributed by atoms with Crippen molar-refractivity contribution in [1.82, 2.24) is 25.0 Å². The molecule has 1 aliphatic carbocycles. The van der Waals surface area contributed by atoms with Crippen LogP contribution >= 0.6 is 0 Å². The molecular weight excluding hydrogens is 422 g/mol. The lowest BCUT2D eigenvalue weighted by molar-refractivity contribution is 0.330. The SMILES string of the molecule is C=C(C)N1CCC(NC2CCN(C)C2)=C(C(=N)N2CC=CC3=C2C=CC(C2C=NN(C)C2)C3)C1. The molecule has 7 nitrogen and oxygen atoms in total. The van der Waals surface area contributed by atoms with E-state index in [2.05, 4.69) is 76.2 Å². The topological polar surface area (TPSA) is 61.2 Å². The van der Waals surface area contributed by atoms with Crippen LogP contribution in [0, 0.1) is 17.2 Å². The van der Waals surface area contributed by atoms with Gasteiger partial charge in [-0.2, -0.15) is 5.10 Å². The van der Waals surface area contributed by atoms with Gasteiger partial charge in [0.1, 0.15) is 5.84 Å². The minimum absolute atomic E-state index is 0.462. The highest BCUT2D eigenvalue weighted by Gasteiger charge is 2.32. The fraction of sp³-hybridized carbons (Fsp3) is 0.556. The summed E-state index contributed by atoms with van der Waals surface area (Å²) >= 11 is 0. The van der Waals surface area contributed by atoms with Gasteiger partial charge in [-0.15, -0.1) is 0 Å². The average molecular weight is 462 g/mol. The summed E-state index contributed by atoms with van der Waals surface area (Å²) in [5.74, 6) is 1.56. The number of nitrogens with one attached hydrogen (secondary N) is 2. The van der Waals surface area contributed by atoms with Crippen LogP contribution in [0.1, 0.15) is 26.2 Å². The van der Waals surface area contributed by atoms with Gasteiger partial charge in [-0.05, 0) is 50.9 Å². The van der Waals surface area contributed by atoms with Gasteiger partial charge in [-0.1, -0.05) is 24.8 Å². The molecule has 182 valence electrons. The Bertz CT molecular complexity index is 1000. The van der Waals surface area contributed by atoms with Crippen LogP contribution in [0.4, 0.5) is 0 Å². The van der Waals surface area contributed by atoms with E-state index in [-0.39, 0.29) is 0 Å². The highest BCUT2D eigenvalue weighted by molar-refractivity contribution is 5.99. The van der Waals surface area contributed by atoms with Crippen LogP contribution in [0.3, 0.4) is 0 Å². The van der Waals surface area contributed by atoms with Crippen molar-refractivity contribution >= 4 is 12.1 Å². The average Bonchev–Trinajstić information content (AvgIpc) is 3.45. The summed E-state index contributed by atoms with van der Waals surface area (Å²) in [6, 6.07) is 0.469. The van der Waals surface area contributed by atoms with Gasteiger partial charge in [0.05, 0.1) is 0 Å². The molecule has 1 saturated heterocycles. The van der Waals surface area contributed by atoms with Crippen LogP contribution in [0.15, 0.2) is 64.2 Å². The zero-order valence-electron chi connectivity index (χ0n) is 20.9. The first-order valence-electron chi connectivity index (χ1n) is 12.7. The second-order valence-corrected chi connectivity index (χ2v) is 10.5. The molecule has 3 atom stereocenters. The first-order valence-corrected chi connectivity index (χ1v) is 12.7. The van der Waals surface area contributed by atoms with E-state index in [0.29, 0.717) is 23.7 Å². The van der Waals surface area contributed by atoms with Crippen molar-refractivity contribution < 1.29 is 0 Å². The summed E-state index contributed by atoms with van der Waals surface area (Å²) in [6.45, 7) is 11.9. The Balaban J connectivity index is 1.38. The fourth-order valence-corrected chi connectivity index (χ4v) is 5.84. The molecule has 0 aromatic rings. The largest absolute Gasteiger partial charge is 0.384 e. The summed E-state index contributed by atoms with van der Waals surface area (Å²) in [6.07, 6.45) is 14.3. The lowest BCUT2D eigenvalue weighted by Crippen LogP contribution is -2.44. The van der Waals surface area contributed by atoms with Gasteiger partial charge in [0.2, 0.25) is 0 Å². The number of likely N-dealkylation sites (tertiary alicyclic amines) is 1. The molecule has 34 heavy (non-hydrogen) atoms. The number of amidine groups is 1. The van der Waals surface area contributed by atoms with Crippen molar-refractivity contribution in [3.05, 3.63) is 59.1 Å². The van der Waals surface area contributed by atoms with E-state index >= 15 is 0 Å². The molecular formula is C27H39N7. The molecule has 0 bridgehead atoms. The minimum atomic E-state index is 0.462. The smallest absolute Gasteiger partial charge is 0.132 e. The van der Waals surface area contributed by atoms with Gasteiger partial charge in [0, 0.05) is 87.0 Å². The molecule has 7 heteroatoms. The molecule has 4 heterocycles. The molecule has 2 N–H and O–H groups in total. The zero-order chi connectivity index (χ0) is 23.8. The van der Waals surface area contributed by atoms with Crippen LogP contribution in [-0.2, 0) is 0 Å². The summed E-state index contributed by atoms with van der Waals surface area (Å²) in [4.78, 5) is 6.90. The van der Waals surface area contributed by atoms with Crippen LogP contribution in [-0.4, -0.2) is 91.2 Å². The molecule has 0 aromatic heterocycles. The maximum Gasteiger partial charge on any atom is 0.132 e. The van der Waals surface area contributed by atoms with Crippen LogP contribution < -0.4 is 5.32 Å². The Hall–Kier alpha value is -2.80. The number of hydrogen-bond acceptors (Lipinski definition) is 6. The van der Waals surface area contributed by atoms with Gasteiger partial charge < -0.3 is 20.0 Å². The van der Waals surface area contributed by atoms with Crippen molar-refractivity contribution in [2.24, 2.45) is 16.9 Å². The number of rotatable bonds is 5. The van der Waals surface area contributed by atoms with Gasteiger partial charge in [0.15, 0.2) is 0 Å². The van der Waals surface area contributed by atoms with E-state index < -0.39 is 0 Å². The Labute approximate surface area is 204 Å². The number of hydrogen-bond donors (Lipinski definition) is 2. The Morgan fingerprint density at radius 1 is 1.18 bits per heavy atom. The molecule has 0 amide bonds. The van der Waals surface area contributed by atoms with Gasteiger partial charge in [-0.3, -0.25) is 10.4 Å². The minimum Gasteiger partial charge on any atom is -0.384 e. The second-order valence-electron chi connectivity index (χ2n) is 10.5. The van der Waals surface area contributed by atoms with Crippen molar-refractivity contribution in [2.75, 3.05) is 53.4 Å². The van der Waals surface area contributed by atoms with Crippen molar-refractivity contribution in [3.63, 3.8) is 0 Å². The standard InChI is InChI=1S/C27H39N7/c1-19(2)33-13-10-25(30-23-9-12-31(3)17-23)24(18-33)27(28)34-11-5-6-21-14-20(7-8-26(21)34)22-15-29-32(4)16-22/h5-8,15,20,22-23,28,30H,1,9-14,16-18H2,2-4H3. The first kappa shape index (κ1) is 23.0. The predicted octanol–water partition coefficient (Wildman–Crippen LogP) is 3.00. The number of likely N-dealkylation sites (N-methyl/N-ethyl adjacent to an activating group) is 1. The fourth-order valence-electron chi connectivity index (χ4n) is 5.84. The Morgan fingerprint density at radius 2 is 2.03 bits per heavy atom. The molecule has 0 spiro atoms.